The van der Waals surface area contributed by atoms with E-state index >= 15 is 0 Å². The second-order valence-electron chi connectivity index (χ2n) is 7.59. The van der Waals surface area contributed by atoms with Gasteiger partial charge in [0.1, 0.15) is 5.69 Å². The van der Waals surface area contributed by atoms with Gasteiger partial charge in [-0.15, -0.1) is 0 Å². The van der Waals surface area contributed by atoms with E-state index in [1.807, 2.05) is 7.05 Å². The van der Waals surface area contributed by atoms with Crippen LogP contribution in [-0.4, -0.2) is 81.9 Å². The van der Waals surface area contributed by atoms with E-state index in [1.165, 1.54) is 53.9 Å². The lowest BCUT2D eigenvalue weighted by Crippen LogP contribution is -2.46. The summed E-state index contributed by atoms with van der Waals surface area (Å²) in [4.78, 5) is 25.7. The molecule has 0 saturated carbocycles. The van der Waals surface area contributed by atoms with Crippen LogP contribution in [0.15, 0.2) is 47.4 Å². The van der Waals surface area contributed by atoms with Crippen LogP contribution >= 0.6 is 0 Å². The van der Waals surface area contributed by atoms with Crippen molar-refractivity contribution in [3.05, 3.63) is 58.1 Å². The van der Waals surface area contributed by atoms with Gasteiger partial charge in [0, 0.05) is 57.2 Å². The molecule has 1 saturated heterocycles. The quantitative estimate of drug-likeness (QED) is 0.317. The molecule has 0 spiro atoms. The minimum atomic E-state index is -3.61. The SMILES string of the molecule is COCCNc1ccc(C(=O)Nc2ccc(S(=O)(=O)N3CCN(C)CC3)cc2)cc1[N+](=O)[O-]. The van der Waals surface area contributed by atoms with Gasteiger partial charge in [-0.2, -0.15) is 4.31 Å². The summed E-state index contributed by atoms with van der Waals surface area (Å²) in [6.45, 7) is 2.94. The smallest absolute Gasteiger partial charge is 0.293 e. The van der Waals surface area contributed by atoms with Gasteiger partial charge in [0.25, 0.3) is 11.6 Å². The molecule has 2 N–H and O–H groups in total. The Morgan fingerprint density at radius 3 is 2.39 bits per heavy atom. The zero-order chi connectivity index (χ0) is 24.0. The molecular weight excluding hydrogens is 450 g/mol. The van der Waals surface area contributed by atoms with Crippen molar-refractivity contribution in [3.63, 3.8) is 0 Å². The van der Waals surface area contributed by atoms with Crippen LogP contribution < -0.4 is 10.6 Å². The molecular formula is C21H27N5O6S. The molecule has 3 rings (SSSR count). The second kappa shape index (κ2) is 10.7. The van der Waals surface area contributed by atoms with Gasteiger partial charge in [-0.3, -0.25) is 14.9 Å². The van der Waals surface area contributed by atoms with Crippen LogP contribution in [0.1, 0.15) is 10.4 Å². The van der Waals surface area contributed by atoms with Crippen LogP contribution in [0.2, 0.25) is 0 Å². The molecule has 0 atom stereocenters. The highest BCUT2D eigenvalue weighted by molar-refractivity contribution is 7.89. The Bertz CT molecular complexity index is 1100. The number of hydrogen-bond acceptors (Lipinski definition) is 8. The Balaban J connectivity index is 1.70. The molecule has 1 heterocycles. The number of methoxy groups -OCH3 is 1. The number of rotatable bonds is 9. The molecule has 12 heteroatoms. The number of amides is 1. The molecule has 1 fully saturated rings. The lowest BCUT2D eigenvalue weighted by Gasteiger charge is -2.31. The van der Waals surface area contributed by atoms with E-state index in [4.69, 9.17) is 4.74 Å². The summed E-state index contributed by atoms with van der Waals surface area (Å²) in [6, 6.07) is 10.0. The van der Waals surface area contributed by atoms with Crippen molar-refractivity contribution in [3.8, 4) is 0 Å². The molecule has 0 aromatic heterocycles. The Morgan fingerprint density at radius 1 is 1.12 bits per heavy atom. The largest absolute Gasteiger partial charge is 0.383 e. The van der Waals surface area contributed by atoms with Crippen molar-refractivity contribution in [1.29, 1.82) is 0 Å². The number of carbonyl (C=O) groups is 1. The molecule has 0 unspecified atom stereocenters. The number of nitro benzene ring substituents is 1. The van der Waals surface area contributed by atoms with Gasteiger partial charge in [0.2, 0.25) is 10.0 Å². The lowest BCUT2D eigenvalue weighted by atomic mass is 10.1. The van der Waals surface area contributed by atoms with Gasteiger partial charge in [0.15, 0.2) is 0 Å². The van der Waals surface area contributed by atoms with E-state index in [0.717, 1.165) is 0 Å². The summed E-state index contributed by atoms with van der Waals surface area (Å²) < 4.78 is 32.0. The number of carbonyl (C=O) groups excluding carboxylic acids is 1. The Hall–Kier alpha value is -3.06. The maximum atomic E-state index is 12.8. The summed E-state index contributed by atoms with van der Waals surface area (Å²) in [5.41, 5.74) is 0.537. The van der Waals surface area contributed by atoms with Gasteiger partial charge in [-0.1, -0.05) is 0 Å². The van der Waals surface area contributed by atoms with Crippen LogP contribution in [0.25, 0.3) is 0 Å². The molecule has 2 aromatic rings. The average molecular weight is 478 g/mol. The first-order valence-electron chi connectivity index (χ1n) is 10.3. The van der Waals surface area contributed by atoms with Crippen molar-refractivity contribution >= 4 is 33.0 Å². The van der Waals surface area contributed by atoms with E-state index in [0.29, 0.717) is 45.0 Å². The van der Waals surface area contributed by atoms with E-state index in [-0.39, 0.29) is 21.8 Å². The van der Waals surface area contributed by atoms with Crippen LogP contribution in [0.4, 0.5) is 17.1 Å². The number of nitro groups is 1. The number of ether oxygens (including phenoxy) is 1. The van der Waals surface area contributed by atoms with Crippen LogP contribution in [-0.2, 0) is 14.8 Å². The lowest BCUT2D eigenvalue weighted by molar-refractivity contribution is -0.384. The maximum absolute atomic E-state index is 12.8. The molecule has 1 aliphatic heterocycles. The van der Waals surface area contributed by atoms with Gasteiger partial charge >= 0.3 is 0 Å². The molecule has 0 bridgehead atoms. The fraction of sp³-hybridized carbons (Fsp3) is 0.381. The van der Waals surface area contributed by atoms with Crippen molar-refractivity contribution < 1.29 is 22.9 Å². The monoisotopic (exact) mass is 477 g/mol. The molecule has 0 radical (unpaired) electrons. The van der Waals surface area contributed by atoms with Crippen molar-refractivity contribution in [2.75, 3.05) is 64.1 Å². The van der Waals surface area contributed by atoms with E-state index in [2.05, 4.69) is 15.5 Å². The topological polar surface area (TPSA) is 134 Å². The predicted molar refractivity (Wildman–Crippen MR) is 124 cm³/mol. The average Bonchev–Trinajstić information content (AvgIpc) is 2.80. The highest BCUT2D eigenvalue weighted by Crippen LogP contribution is 2.26. The number of benzene rings is 2. The van der Waals surface area contributed by atoms with Gasteiger partial charge in [0.05, 0.1) is 16.4 Å². The van der Waals surface area contributed by atoms with Gasteiger partial charge in [-0.25, -0.2) is 8.42 Å². The van der Waals surface area contributed by atoms with E-state index < -0.39 is 20.9 Å². The zero-order valence-corrected chi connectivity index (χ0v) is 19.3. The van der Waals surface area contributed by atoms with Crippen molar-refractivity contribution in [2.24, 2.45) is 0 Å². The first-order valence-corrected chi connectivity index (χ1v) is 11.8. The fourth-order valence-electron chi connectivity index (χ4n) is 3.35. The predicted octanol–water partition coefficient (Wildman–Crippen LogP) is 1.84. The number of piperazine rings is 1. The number of nitrogens with one attached hydrogen (secondary N) is 2. The molecule has 2 aromatic carbocycles. The molecule has 33 heavy (non-hydrogen) atoms. The van der Waals surface area contributed by atoms with Crippen LogP contribution in [0, 0.1) is 10.1 Å². The highest BCUT2D eigenvalue weighted by Gasteiger charge is 2.27. The minimum Gasteiger partial charge on any atom is -0.383 e. The normalized spacial score (nSPS) is 15.2. The van der Waals surface area contributed by atoms with Crippen molar-refractivity contribution in [2.45, 2.75) is 4.90 Å². The summed E-state index contributed by atoms with van der Waals surface area (Å²) in [5, 5.41) is 16.9. The maximum Gasteiger partial charge on any atom is 0.293 e. The molecule has 0 aliphatic carbocycles. The van der Waals surface area contributed by atoms with Gasteiger partial charge in [-0.05, 0) is 43.4 Å². The van der Waals surface area contributed by atoms with E-state index in [9.17, 15) is 23.3 Å². The summed E-state index contributed by atoms with van der Waals surface area (Å²) in [5.74, 6) is -0.545. The van der Waals surface area contributed by atoms with E-state index in [1.54, 1.807) is 0 Å². The zero-order valence-electron chi connectivity index (χ0n) is 18.5. The van der Waals surface area contributed by atoms with Crippen LogP contribution in [0.3, 0.4) is 0 Å². The van der Waals surface area contributed by atoms with Crippen molar-refractivity contribution in [1.82, 2.24) is 9.21 Å². The Labute approximate surface area is 192 Å². The first-order chi connectivity index (χ1) is 15.7. The Kier molecular flexibility index (Phi) is 7.97. The molecule has 1 amide bonds. The fourth-order valence-corrected chi connectivity index (χ4v) is 4.77. The highest BCUT2D eigenvalue weighted by atomic mass is 32.2. The number of anilines is 2. The summed E-state index contributed by atoms with van der Waals surface area (Å²) in [6.07, 6.45) is 0. The minimum absolute atomic E-state index is 0.105. The summed E-state index contributed by atoms with van der Waals surface area (Å²) in [7, 11) is -0.138. The first kappa shape index (κ1) is 24.6. The van der Waals surface area contributed by atoms with Gasteiger partial charge < -0.3 is 20.3 Å². The molecule has 11 nitrogen and oxygen atoms in total. The number of sulfonamides is 1. The Morgan fingerprint density at radius 2 is 1.79 bits per heavy atom. The summed E-state index contributed by atoms with van der Waals surface area (Å²) >= 11 is 0. The third-order valence-corrected chi connectivity index (χ3v) is 7.20. The standard InChI is InChI=1S/C21H27N5O6S/c1-24-10-12-25(13-11-24)33(30,31)18-6-4-17(5-7-18)23-21(27)16-3-8-19(22-9-14-32-2)20(15-16)26(28)29/h3-8,15,22H,9-14H2,1-2H3,(H,23,27). The molecule has 178 valence electrons. The number of likely N-dealkylation sites (N-methyl/N-ethyl adjacent to an activating group) is 1. The van der Waals surface area contributed by atoms with Crippen LogP contribution in [0.5, 0.6) is 0 Å². The second-order valence-corrected chi connectivity index (χ2v) is 9.53. The number of nitrogens with zero attached hydrogens (tertiary/aromatic N) is 3. The molecule has 1 aliphatic rings. The third kappa shape index (κ3) is 6.05. The number of hydrogen-bond donors (Lipinski definition) is 2. The third-order valence-electron chi connectivity index (χ3n) is 5.29.